The van der Waals surface area contributed by atoms with E-state index in [0.717, 1.165) is 12.5 Å². The molecule has 2 rings (SSSR count). The second-order valence-electron chi connectivity index (χ2n) is 10.8. The highest BCUT2D eigenvalue weighted by Crippen LogP contribution is 2.23. The second-order valence-corrected chi connectivity index (χ2v) is 10.8. The van der Waals surface area contributed by atoms with Crippen LogP contribution in [0.3, 0.4) is 0 Å². The first-order valence-electron chi connectivity index (χ1n) is 14.4. The van der Waals surface area contributed by atoms with Gasteiger partial charge in [-0.25, -0.2) is 4.98 Å². The molecule has 1 fully saturated rings. The fourth-order valence-electron chi connectivity index (χ4n) is 5.36. The van der Waals surface area contributed by atoms with Crippen molar-refractivity contribution in [3.05, 3.63) is 18.2 Å². The number of rotatable bonds is 19. The molecule has 0 unspecified atom stereocenters. The van der Waals surface area contributed by atoms with Crippen LogP contribution >= 0.6 is 24.8 Å². The molecule has 34 heavy (non-hydrogen) atoms. The van der Waals surface area contributed by atoms with Gasteiger partial charge in [0.25, 0.3) is 0 Å². The van der Waals surface area contributed by atoms with Gasteiger partial charge in [0, 0.05) is 24.9 Å². The van der Waals surface area contributed by atoms with E-state index in [-0.39, 0.29) is 24.8 Å². The fraction of sp³-hybridized carbons (Fsp3) is 0.897. The van der Waals surface area contributed by atoms with Gasteiger partial charge in [-0.15, -0.1) is 24.8 Å². The molecule has 1 aliphatic rings. The van der Waals surface area contributed by atoms with Crippen molar-refractivity contribution < 1.29 is 0 Å². The van der Waals surface area contributed by atoms with Gasteiger partial charge in [-0.2, -0.15) is 0 Å². The Morgan fingerprint density at radius 1 is 0.765 bits per heavy atom. The predicted molar refractivity (Wildman–Crippen MR) is 155 cm³/mol. The van der Waals surface area contributed by atoms with Crippen molar-refractivity contribution in [2.24, 2.45) is 5.92 Å². The summed E-state index contributed by atoms with van der Waals surface area (Å²) in [6.45, 7) is 11.9. The standard InChI is InChI=1S/C29H55N3.2ClH/c1-4-5-6-7-8-9-10-11-12-13-14-15-16-17-22-31-23-18-28(19-24-31)20-25-32-26-21-30-29(32)27(2)3;;/h21,26-28H,4-20,22-25H2,1-3H3;2*1H. The molecule has 0 atom stereocenters. The number of imidazole rings is 1. The molecule has 0 N–H and O–H groups in total. The normalized spacial score (nSPS) is 14.8. The fourth-order valence-corrected chi connectivity index (χ4v) is 5.36. The van der Waals surface area contributed by atoms with Gasteiger partial charge in [0.2, 0.25) is 0 Å². The van der Waals surface area contributed by atoms with Crippen LogP contribution in [0.1, 0.15) is 142 Å². The monoisotopic (exact) mass is 517 g/mol. The lowest BCUT2D eigenvalue weighted by atomic mass is 9.93. The number of aromatic nitrogens is 2. The molecular weight excluding hydrogens is 461 g/mol. The van der Waals surface area contributed by atoms with Gasteiger partial charge in [0.15, 0.2) is 0 Å². The zero-order chi connectivity index (χ0) is 22.9. The number of likely N-dealkylation sites (tertiary alicyclic amines) is 1. The van der Waals surface area contributed by atoms with Gasteiger partial charge >= 0.3 is 0 Å². The molecule has 0 bridgehead atoms. The Balaban J connectivity index is 0.00000544. The van der Waals surface area contributed by atoms with E-state index >= 15 is 0 Å². The van der Waals surface area contributed by atoms with Crippen LogP contribution in [0.25, 0.3) is 0 Å². The second kappa shape index (κ2) is 22.0. The SMILES string of the molecule is CCCCCCCCCCCCCCCCN1CCC(CCn2ccnc2C(C)C)CC1.Cl.Cl. The Labute approximate surface area is 225 Å². The average Bonchev–Trinajstić information content (AvgIpc) is 3.28. The van der Waals surface area contributed by atoms with Crippen molar-refractivity contribution in [3.63, 3.8) is 0 Å². The van der Waals surface area contributed by atoms with Crippen molar-refractivity contribution in [3.8, 4) is 0 Å². The van der Waals surface area contributed by atoms with Gasteiger partial charge in [0.05, 0.1) is 0 Å². The summed E-state index contributed by atoms with van der Waals surface area (Å²) >= 11 is 0. The highest BCUT2D eigenvalue weighted by atomic mass is 35.5. The first-order chi connectivity index (χ1) is 15.7. The summed E-state index contributed by atoms with van der Waals surface area (Å²) < 4.78 is 2.38. The number of hydrogen-bond donors (Lipinski definition) is 0. The van der Waals surface area contributed by atoms with Crippen LogP contribution in [0, 0.1) is 5.92 Å². The van der Waals surface area contributed by atoms with Gasteiger partial charge in [-0.1, -0.05) is 104 Å². The van der Waals surface area contributed by atoms with E-state index in [1.54, 1.807) is 0 Å². The summed E-state index contributed by atoms with van der Waals surface area (Å²) in [4.78, 5) is 7.26. The number of aryl methyl sites for hydroxylation is 1. The number of unbranched alkanes of at least 4 members (excludes halogenated alkanes) is 13. The van der Waals surface area contributed by atoms with Crippen LogP contribution in [-0.4, -0.2) is 34.1 Å². The molecule has 3 nitrogen and oxygen atoms in total. The first kappa shape index (κ1) is 33.8. The molecule has 0 spiro atoms. The first-order valence-corrected chi connectivity index (χ1v) is 14.4. The minimum atomic E-state index is 0. The van der Waals surface area contributed by atoms with Crippen molar-refractivity contribution in [1.29, 1.82) is 0 Å². The van der Waals surface area contributed by atoms with Crippen LogP contribution in [0.4, 0.5) is 0 Å². The summed E-state index contributed by atoms with van der Waals surface area (Å²) in [7, 11) is 0. The molecule has 1 aromatic heterocycles. The van der Waals surface area contributed by atoms with Crippen LogP contribution in [0.2, 0.25) is 0 Å². The predicted octanol–water partition coefficient (Wildman–Crippen LogP) is 9.43. The van der Waals surface area contributed by atoms with Crippen molar-refractivity contribution >= 4 is 24.8 Å². The zero-order valence-corrected chi connectivity index (χ0v) is 24.4. The third-order valence-electron chi connectivity index (χ3n) is 7.58. The zero-order valence-electron chi connectivity index (χ0n) is 22.8. The molecule has 1 saturated heterocycles. The van der Waals surface area contributed by atoms with E-state index < -0.39 is 0 Å². The van der Waals surface area contributed by atoms with Crippen LogP contribution in [0.5, 0.6) is 0 Å². The Morgan fingerprint density at radius 2 is 1.26 bits per heavy atom. The van der Waals surface area contributed by atoms with Gasteiger partial charge < -0.3 is 9.47 Å². The average molecular weight is 519 g/mol. The third kappa shape index (κ3) is 15.0. The maximum absolute atomic E-state index is 4.53. The highest BCUT2D eigenvalue weighted by Gasteiger charge is 2.19. The Hall–Kier alpha value is -0.250. The summed E-state index contributed by atoms with van der Waals surface area (Å²) in [6.07, 6.45) is 28.6. The number of hydrogen-bond acceptors (Lipinski definition) is 2. The Bertz CT molecular complexity index is 553. The van der Waals surface area contributed by atoms with Crippen LogP contribution in [0.15, 0.2) is 12.4 Å². The van der Waals surface area contributed by atoms with Crippen molar-refractivity contribution in [2.75, 3.05) is 19.6 Å². The quantitative estimate of drug-likeness (QED) is 0.170. The Kier molecular flexibility index (Phi) is 21.8. The molecule has 1 aliphatic heterocycles. The summed E-state index contributed by atoms with van der Waals surface area (Å²) in [5, 5.41) is 0. The largest absolute Gasteiger partial charge is 0.335 e. The lowest BCUT2D eigenvalue weighted by Gasteiger charge is -2.32. The third-order valence-corrected chi connectivity index (χ3v) is 7.58. The van der Waals surface area contributed by atoms with Gasteiger partial charge in [-0.05, 0) is 51.2 Å². The molecular formula is C29H57Cl2N3. The van der Waals surface area contributed by atoms with E-state index in [9.17, 15) is 0 Å². The van der Waals surface area contributed by atoms with Crippen molar-refractivity contribution in [1.82, 2.24) is 14.5 Å². The molecule has 5 heteroatoms. The molecule has 0 aromatic carbocycles. The topological polar surface area (TPSA) is 21.1 Å². The molecule has 202 valence electrons. The van der Waals surface area contributed by atoms with E-state index in [4.69, 9.17) is 0 Å². The minimum absolute atomic E-state index is 0. The van der Waals surface area contributed by atoms with Crippen LogP contribution < -0.4 is 0 Å². The lowest BCUT2D eigenvalue weighted by molar-refractivity contribution is 0.173. The molecule has 0 radical (unpaired) electrons. The maximum atomic E-state index is 4.53. The van der Waals surface area contributed by atoms with Gasteiger partial charge in [0.1, 0.15) is 5.82 Å². The van der Waals surface area contributed by atoms with Gasteiger partial charge in [-0.3, -0.25) is 0 Å². The van der Waals surface area contributed by atoms with E-state index in [1.807, 2.05) is 6.20 Å². The molecule has 2 heterocycles. The lowest BCUT2D eigenvalue weighted by Crippen LogP contribution is -2.34. The molecule has 0 saturated carbocycles. The highest BCUT2D eigenvalue weighted by molar-refractivity contribution is 5.85. The number of piperidine rings is 1. The Morgan fingerprint density at radius 3 is 1.76 bits per heavy atom. The number of halogens is 2. The minimum Gasteiger partial charge on any atom is -0.335 e. The van der Waals surface area contributed by atoms with E-state index in [2.05, 4.69) is 41.4 Å². The summed E-state index contributed by atoms with van der Waals surface area (Å²) in [5.41, 5.74) is 0. The van der Waals surface area contributed by atoms with E-state index in [1.165, 1.54) is 135 Å². The summed E-state index contributed by atoms with van der Waals surface area (Å²) in [6, 6.07) is 0. The smallest absolute Gasteiger partial charge is 0.111 e. The summed E-state index contributed by atoms with van der Waals surface area (Å²) in [5.74, 6) is 2.68. The molecule has 0 amide bonds. The number of nitrogens with zero attached hydrogens (tertiary/aromatic N) is 3. The van der Waals surface area contributed by atoms with E-state index in [0.29, 0.717) is 5.92 Å². The van der Waals surface area contributed by atoms with Crippen LogP contribution in [-0.2, 0) is 6.54 Å². The maximum Gasteiger partial charge on any atom is 0.111 e. The van der Waals surface area contributed by atoms with Crippen molar-refractivity contribution in [2.45, 2.75) is 142 Å². The molecule has 1 aromatic rings. The molecule has 0 aliphatic carbocycles.